The highest BCUT2D eigenvalue weighted by Gasteiger charge is 2.34. The molecule has 3 aromatic heterocycles. The second-order valence-electron chi connectivity index (χ2n) is 18.1. The zero-order valence-electron chi connectivity index (χ0n) is 37.7. The number of nitrogens with one attached hydrogen (secondary N) is 3. The molecule has 13 aromatic rings. The van der Waals surface area contributed by atoms with Crippen LogP contribution in [0, 0.1) is 0 Å². The number of rotatable bonds is 7. The zero-order chi connectivity index (χ0) is 45.4. The maximum Gasteiger partial charge on any atom is 0.142 e. The van der Waals surface area contributed by atoms with Gasteiger partial charge in [0.25, 0.3) is 0 Å². The van der Waals surface area contributed by atoms with Gasteiger partial charge in [-0.15, -0.1) is 0 Å². The van der Waals surface area contributed by atoms with Crippen LogP contribution in [-0.2, 0) is 0 Å². The monoisotopic (exact) mass is 886 g/mol. The van der Waals surface area contributed by atoms with Gasteiger partial charge in [-0.25, -0.2) is 0 Å². The molecular weight excluding hydrogens is 841 g/mol. The third kappa shape index (κ3) is 6.24. The molecule has 2 atom stereocenters. The van der Waals surface area contributed by atoms with E-state index in [0.29, 0.717) is 0 Å². The molecule has 0 radical (unpaired) electrons. The van der Waals surface area contributed by atoms with Crippen LogP contribution in [0.4, 0.5) is 0 Å². The summed E-state index contributed by atoms with van der Waals surface area (Å²) in [5.74, 6) is 0. The lowest BCUT2D eigenvalue weighted by molar-refractivity contribution is 0.161. The van der Waals surface area contributed by atoms with Crippen LogP contribution >= 0.6 is 0 Å². The second kappa shape index (κ2) is 16.1. The topological polar surface area (TPSA) is 50.9 Å². The van der Waals surface area contributed by atoms with Crippen molar-refractivity contribution in [1.82, 2.24) is 29.7 Å². The Bertz CT molecular complexity index is 4000. The number of para-hydroxylation sites is 4. The molecule has 0 saturated carbocycles. The van der Waals surface area contributed by atoms with E-state index in [2.05, 4.69) is 272 Å². The number of aromatic nitrogens is 3. The highest BCUT2D eigenvalue weighted by atomic mass is 15.4. The molecule has 0 spiro atoms. The van der Waals surface area contributed by atoms with Crippen LogP contribution in [0.1, 0.15) is 29.7 Å². The lowest BCUT2D eigenvalue weighted by Gasteiger charge is -2.40. The summed E-state index contributed by atoms with van der Waals surface area (Å²) in [6.45, 7) is 0. The van der Waals surface area contributed by atoms with E-state index in [9.17, 15) is 0 Å². The fourth-order valence-corrected chi connectivity index (χ4v) is 11.4. The van der Waals surface area contributed by atoms with Crippen molar-refractivity contribution in [2.75, 3.05) is 0 Å². The SMILES string of the molecule is c1ccc(-c2cc3c(c(-c4ccccc4)c2-n2c4ccccc4c4ccc5c6ccccc6n(C6NC(c7ccccc7)NC(c7ccccc7)N6)c5c42)c2ccccc2n3-c2ccccc2)cc1. The minimum atomic E-state index is -0.324. The van der Waals surface area contributed by atoms with E-state index < -0.39 is 0 Å². The van der Waals surface area contributed by atoms with Crippen molar-refractivity contribution >= 4 is 65.4 Å². The van der Waals surface area contributed by atoms with Gasteiger partial charge in [-0.2, -0.15) is 0 Å². The van der Waals surface area contributed by atoms with E-state index in [1.165, 1.54) is 54.5 Å². The van der Waals surface area contributed by atoms with Crippen molar-refractivity contribution < 1.29 is 0 Å². The Balaban J connectivity index is 1.17. The first-order valence-electron chi connectivity index (χ1n) is 23.9. The summed E-state index contributed by atoms with van der Waals surface area (Å²) in [6, 6.07) is 88.4. The third-order valence-electron chi connectivity index (χ3n) is 14.3. The number of fused-ring (bicyclic) bond motifs is 10. The lowest BCUT2D eigenvalue weighted by atomic mass is 9.91. The standard InChI is InChI=1S/C63H46N6/c1-6-22-41(23-7-1)51-40-55-57(50-34-18-21-37-54(50)67(55)45-30-14-5-15-31-45)56(42-24-8-2-9-25-42)58(51)68-52-35-19-16-32-46(52)48-38-39-49-47-33-17-20-36-53(47)69(60(49)59(48)68)63-65-61(43-26-10-3-11-27-43)64-62(66-63)44-28-12-4-13-29-44/h1-40,61-66H. The van der Waals surface area contributed by atoms with Gasteiger partial charge in [0.05, 0.1) is 51.1 Å². The summed E-state index contributed by atoms with van der Waals surface area (Å²) in [5.41, 5.74) is 16.2. The van der Waals surface area contributed by atoms with Crippen LogP contribution in [0.15, 0.2) is 243 Å². The number of benzene rings is 10. The van der Waals surface area contributed by atoms with Crippen molar-refractivity contribution in [1.29, 1.82) is 0 Å². The molecule has 14 rings (SSSR count). The largest absolute Gasteiger partial charge is 0.309 e. The average molecular weight is 887 g/mol. The van der Waals surface area contributed by atoms with Gasteiger partial charge in [0, 0.05) is 49.1 Å². The van der Waals surface area contributed by atoms with Crippen molar-refractivity contribution in [2.45, 2.75) is 18.6 Å². The van der Waals surface area contributed by atoms with E-state index >= 15 is 0 Å². The summed E-state index contributed by atoms with van der Waals surface area (Å²) in [6.07, 6.45) is -0.625. The number of nitrogens with zero attached hydrogens (tertiary/aromatic N) is 3. The molecule has 2 unspecified atom stereocenters. The van der Waals surface area contributed by atoms with Crippen LogP contribution in [0.3, 0.4) is 0 Å². The molecule has 1 aliphatic heterocycles. The van der Waals surface area contributed by atoms with Gasteiger partial charge in [0.15, 0.2) is 0 Å². The molecular formula is C63H46N6. The van der Waals surface area contributed by atoms with E-state index in [1.807, 2.05) is 0 Å². The number of hydrogen-bond donors (Lipinski definition) is 3. The zero-order valence-corrected chi connectivity index (χ0v) is 37.7. The Kier molecular flexibility index (Phi) is 9.23. The Morgan fingerprint density at radius 2 is 0.797 bits per heavy atom. The van der Waals surface area contributed by atoms with Crippen molar-refractivity contribution in [3.63, 3.8) is 0 Å². The smallest absolute Gasteiger partial charge is 0.142 e. The molecule has 1 fully saturated rings. The molecule has 69 heavy (non-hydrogen) atoms. The van der Waals surface area contributed by atoms with Crippen molar-refractivity contribution in [3.05, 3.63) is 254 Å². The van der Waals surface area contributed by atoms with Crippen LogP contribution in [0.5, 0.6) is 0 Å². The molecule has 328 valence electrons. The minimum absolute atomic E-state index is 0.150. The van der Waals surface area contributed by atoms with Gasteiger partial charge in [-0.3, -0.25) is 16.0 Å². The first kappa shape index (κ1) is 39.6. The molecule has 4 heterocycles. The lowest BCUT2D eigenvalue weighted by Crippen LogP contribution is -2.56. The molecule has 1 aliphatic rings. The van der Waals surface area contributed by atoms with Crippen LogP contribution in [0.2, 0.25) is 0 Å². The summed E-state index contributed by atoms with van der Waals surface area (Å²) in [4.78, 5) is 0. The Hall–Kier alpha value is -8.52. The first-order chi connectivity index (χ1) is 34.3. The molecule has 0 amide bonds. The molecule has 1 saturated heterocycles. The molecule has 6 heteroatoms. The van der Waals surface area contributed by atoms with Gasteiger partial charge in [0.2, 0.25) is 0 Å². The molecule has 0 bridgehead atoms. The van der Waals surface area contributed by atoms with Crippen molar-refractivity contribution in [2.24, 2.45) is 0 Å². The van der Waals surface area contributed by atoms with Gasteiger partial charge in [-0.1, -0.05) is 206 Å². The van der Waals surface area contributed by atoms with Gasteiger partial charge >= 0.3 is 0 Å². The molecule has 6 nitrogen and oxygen atoms in total. The highest BCUT2D eigenvalue weighted by Crippen LogP contribution is 2.50. The molecule has 0 aliphatic carbocycles. The van der Waals surface area contributed by atoms with E-state index in [0.717, 1.165) is 55.6 Å². The average Bonchev–Trinajstić information content (AvgIpc) is 4.07. The second-order valence-corrected chi connectivity index (χ2v) is 18.1. The fourth-order valence-electron chi connectivity index (χ4n) is 11.4. The van der Waals surface area contributed by atoms with E-state index in [1.54, 1.807) is 0 Å². The number of hydrogen-bond acceptors (Lipinski definition) is 3. The fraction of sp³-hybridized carbons (Fsp3) is 0.0476. The van der Waals surface area contributed by atoms with Crippen LogP contribution < -0.4 is 16.0 Å². The highest BCUT2D eigenvalue weighted by molar-refractivity contribution is 6.25. The molecule has 10 aromatic carbocycles. The van der Waals surface area contributed by atoms with Gasteiger partial charge < -0.3 is 13.7 Å². The maximum atomic E-state index is 4.08. The third-order valence-corrected chi connectivity index (χ3v) is 14.3. The first-order valence-corrected chi connectivity index (χ1v) is 23.9. The Labute approximate surface area is 399 Å². The van der Waals surface area contributed by atoms with E-state index in [4.69, 9.17) is 0 Å². The van der Waals surface area contributed by atoms with Gasteiger partial charge in [0.1, 0.15) is 6.29 Å². The normalized spacial score (nSPS) is 16.4. The predicted molar refractivity (Wildman–Crippen MR) is 286 cm³/mol. The minimum Gasteiger partial charge on any atom is -0.309 e. The quantitative estimate of drug-likeness (QED) is 0.149. The Morgan fingerprint density at radius 3 is 1.41 bits per heavy atom. The van der Waals surface area contributed by atoms with Gasteiger partial charge in [-0.05, 0) is 58.7 Å². The molecule has 3 N–H and O–H groups in total. The summed E-state index contributed by atoms with van der Waals surface area (Å²) < 4.78 is 7.61. The summed E-state index contributed by atoms with van der Waals surface area (Å²) in [7, 11) is 0. The van der Waals surface area contributed by atoms with Crippen molar-refractivity contribution in [3.8, 4) is 33.6 Å². The summed E-state index contributed by atoms with van der Waals surface area (Å²) >= 11 is 0. The van der Waals surface area contributed by atoms with Crippen LogP contribution in [0.25, 0.3) is 99.0 Å². The maximum absolute atomic E-state index is 4.08. The van der Waals surface area contributed by atoms with Crippen LogP contribution in [-0.4, -0.2) is 13.7 Å². The van der Waals surface area contributed by atoms with E-state index in [-0.39, 0.29) is 18.6 Å². The predicted octanol–water partition coefficient (Wildman–Crippen LogP) is 15.0. The summed E-state index contributed by atoms with van der Waals surface area (Å²) in [5, 5.41) is 19.3. The Morgan fingerprint density at radius 1 is 0.333 bits per heavy atom.